The molecule has 0 aromatic rings. The van der Waals surface area contributed by atoms with E-state index in [0.717, 1.165) is 35.5 Å². The molecule has 3 aliphatic rings. The predicted octanol–water partition coefficient (Wildman–Crippen LogP) is 9.51. The molecule has 0 atom stereocenters. The minimum Gasteiger partial charge on any atom is -0.103 e. The Labute approximate surface area is 183 Å². The van der Waals surface area contributed by atoms with Crippen molar-refractivity contribution in [3.63, 3.8) is 0 Å². The summed E-state index contributed by atoms with van der Waals surface area (Å²) >= 11 is 0. The molecule has 0 radical (unpaired) electrons. The minimum atomic E-state index is 0.883. The van der Waals surface area contributed by atoms with Gasteiger partial charge in [0, 0.05) is 0 Å². The topological polar surface area (TPSA) is 0 Å². The van der Waals surface area contributed by atoms with Crippen LogP contribution < -0.4 is 0 Å². The van der Waals surface area contributed by atoms with Crippen LogP contribution in [0.15, 0.2) is 24.8 Å². The van der Waals surface area contributed by atoms with E-state index in [9.17, 15) is 0 Å². The van der Waals surface area contributed by atoms with Crippen LogP contribution in [-0.4, -0.2) is 0 Å². The zero-order valence-electron chi connectivity index (χ0n) is 19.6. The van der Waals surface area contributed by atoms with Crippen molar-refractivity contribution in [2.45, 2.75) is 122 Å². The number of hydrogen-bond acceptors (Lipinski definition) is 0. The average Bonchev–Trinajstić information content (AvgIpc) is 2.77. The molecule has 3 aliphatic carbocycles. The van der Waals surface area contributed by atoms with E-state index in [4.69, 9.17) is 0 Å². The van der Waals surface area contributed by atoms with Gasteiger partial charge in [0.1, 0.15) is 0 Å². The third kappa shape index (κ3) is 7.91. The van der Waals surface area contributed by atoms with Gasteiger partial charge in [-0.15, -0.1) is 6.58 Å². The van der Waals surface area contributed by atoms with Gasteiger partial charge in [0.2, 0.25) is 0 Å². The van der Waals surface area contributed by atoms with Gasteiger partial charge in [-0.05, 0) is 113 Å². The molecule has 0 aliphatic heterocycles. The summed E-state index contributed by atoms with van der Waals surface area (Å²) in [5, 5.41) is 0. The highest BCUT2D eigenvalue weighted by molar-refractivity contribution is 4.92. The number of hydrogen-bond donors (Lipinski definition) is 0. The van der Waals surface area contributed by atoms with E-state index in [1.165, 1.54) is 77.0 Å². The zero-order chi connectivity index (χ0) is 20.3. The Hall–Kier alpha value is -0.520. The maximum atomic E-state index is 3.87. The first-order valence-electron chi connectivity index (χ1n) is 13.6. The zero-order valence-corrected chi connectivity index (χ0v) is 19.6. The molecule has 0 heteroatoms. The molecule has 0 unspecified atom stereocenters. The number of allylic oxidation sites excluding steroid dienone is 3. The van der Waals surface area contributed by atoms with Crippen LogP contribution in [0, 0.1) is 35.5 Å². The fourth-order valence-electron chi connectivity index (χ4n) is 6.95. The molecular weight excluding hydrogens is 348 g/mol. The molecule has 3 rings (SSSR count). The molecule has 3 fully saturated rings. The van der Waals surface area contributed by atoms with Crippen LogP contribution >= 0.6 is 0 Å². The van der Waals surface area contributed by atoms with Gasteiger partial charge >= 0.3 is 0 Å². The van der Waals surface area contributed by atoms with Gasteiger partial charge in [-0.3, -0.25) is 0 Å². The van der Waals surface area contributed by atoms with Crippen LogP contribution in [0.4, 0.5) is 0 Å². The molecule has 3 saturated carbocycles. The summed E-state index contributed by atoms with van der Waals surface area (Å²) in [4.78, 5) is 0. The monoisotopic (exact) mass is 398 g/mol. The molecule has 29 heavy (non-hydrogen) atoms. The lowest BCUT2D eigenvalue weighted by Gasteiger charge is -2.38. The molecule has 0 saturated heterocycles. The van der Waals surface area contributed by atoms with E-state index in [2.05, 4.69) is 31.7 Å². The summed E-state index contributed by atoms with van der Waals surface area (Å²) in [6.07, 6.45) is 33.6. The van der Waals surface area contributed by atoms with Crippen LogP contribution in [0.5, 0.6) is 0 Å². The van der Waals surface area contributed by atoms with E-state index >= 15 is 0 Å². The largest absolute Gasteiger partial charge is 0.103 e. The second-order valence-corrected chi connectivity index (χ2v) is 11.0. The third-order valence-electron chi connectivity index (χ3n) is 8.97. The fraction of sp³-hybridized carbons (Fsp3) is 0.862. The molecule has 0 aromatic heterocycles. The summed E-state index contributed by atoms with van der Waals surface area (Å²) in [5.74, 6) is 6.14. The van der Waals surface area contributed by atoms with Crippen LogP contribution in [0.1, 0.15) is 122 Å². The minimum absolute atomic E-state index is 0.883. The lowest BCUT2D eigenvalue weighted by Crippen LogP contribution is -2.25. The highest BCUT2D eigenvalue weighted by Crippen LogP contribution is 2.43. The molecule has 0 amide bonds. The standard InChI is InChI=1S/C29H50/c1-3-5-9-25-12-14-26(15-13-25)10-6-7-11-27-18-22-29(23-19-27)28-20-16-24(8-4-2)17-21-28/h3,6,10,24-29H,1,4-5,7-9,11-23H2,2H3/b10-6+/t24-,25-,26-,27?,28-,29?. The Balaban J connectivity index is 1.24. The summed E-state index contributed by atoms with van der Waals surface area (Å²) in [6, 6.07) is 0. The SMILES string of the molecule is C=CCC[C@H]1CC[C@H](/C=C/CCC2CCC([C@H]3CC[C@H](CCC)CC3)CC2)CC1. The van der Waals surface area contributed by atoms with Crippen molar-refractivity contribution in [3.8, 4) is 0 Å². The third-order valence-corrected chi connectivity index (χ3v) is 8.97. The van der Waals surface area contributed by atoms with Crippen molar-refractivity contribution in [2.24, 2.45) is 35.5 Å². The van der Waals surface area contributed by atoms with Gasteiger partial charge < -0.3 is 0 Å². The molecule has 166 valence electrons. The smallest absolute Gasteiger partial charge is 0.0233 e. The van der Waals surface area contributed by atoms with Crippen molar-refractivity contribution < 1.29 is 0 Å². The highest BCUT2D eigenvalue weighted by atomic mass is 14.4. The maximum absolute atomic E-state index is 3.87. The molecule has 0 bridgehead atoms. The summed E-state index contributed by atoms with van der Waals surface area (Å²) < 4.78 is 0. The van der Waals surface area contributed by atoms with Crippen LogP contribution in [0.25, 0.3) is 0 Å². The Morgan fingerprint density at radius 2 is 1.10 bits per heavy atom. The second kappa shape index (κ2) is 13.0. The van der Waals surface area contributed by atoms with E-state index in [0.29, 0.717) is 0 Å². The highest BCUT2D eigenvalue weighted by Gasteiger charge is 2.30. The lowest BCUT2D eigenvalue weighted by molar-refractivity contribution is 0.141. The van der Waals surface area contributed by atoms with E-state index in [-0.39, 0.29) is 0 Å². The normalized spacial score (nSPS) is 36.3. The van der Waals surface area contributed by atoms with Gasteiger partial charge in [-0.25, -0.2) is 0 Å². The van der Waals surface area contributed by atoms with E-state index < -0.39 is 0 Å². The van der Waals surface area contributed by atoms with Crippen molar-refractivity contribution >= 4 is 0 Å². The van der Waals surface area contributed by atoms with Crippen LogP contribution in [-0.2, 0) is 0 Å². The van der Waals surface area contributed by atoms with E-state index in [1.807, 2.05) is 0 Å². The van der Waals surface area contributed by atoms with Gasteiger partial charge in [0.25, 0.3) is 0 Å². The van der Waals surface area contributed by atoms with Crippen molar-refractivity contribution in [1.29, 1.82) is 0 Å². The van der Waals surface area contributed by atoms with Gasteiger partial charge in [-0.1, -0.05) is 63.7 Å². The Morgan fingerprint density at radius 1 is 0.621 bits per heavy atom. The molecule has 0 N–H and O–H groups in total. The van der Waals surface area contributed by atoms with Crippen molar-refractivity contribution in [3.05, 3.63) is 24.8 Å². The molecule has 0 nitrogen and oxygen atoms in total. The van der Waals surface area contributed by atoms with Crippen LogP contribution in [0.3, 0.4) is 0 Å². The second-order valence-electron chi connectivity index (χ2n) is 11.0. The first kappa shape index (κ1) is 23.1. The summed E-state index contributed by atoms with van der Waals surface area (Å²) in [6.45, 7) is 6.23. The number of rotatable bonds is 10. The Bertz CT molecular complexity index is 450. The Morgan fingerprint density at radius 3 is 1.62 bits per heavy atom. The lowest BCUT2D eigenvalue weighted by atomic mass is 9.68. The maximum Gasteiger partial charge on any atom is -0.0233 e. The van der Waals surface area contributed by atoms with Crippen molar-refractivity contribution in [1.82, 2.24) is 0 Å². The van der Waals surface area contributed by atoms with Gasteiger partial charge in [-0.2, -0.15) is 0 Å². The Kier molecular flexibility index (Phi) is 10.4. The van der Waals surface area contributed by atoms with Crippen molar-refractivity contribution in [2.75, 3.05) is 0 Å². The van der Waals surface area contributed by atoms with Gasteiger partial charge in [0.05, 0.1) is 0 Å². The predicted molar refractivity (Wildman–Crippen MR) is 129 cm³/mol. The molecule has 0 aromatic carbocycles. The van der Waals surface area contributed by atoms with E-state index in [1.54, 1.807) is 38.5 Å². The van der Waals surface area contributed by atoms with Gasteiger partial charge in [0.15, 0.2) is 0 Å². The first-order chi connectivity index (χ1) is 14.3. The quantitative estimate of drug-likeness (QED) is 0.321. The molecular formula is C29H50. The summed E-state index contributed by atoms with van der Waals surface area (Å²) in [5.41, 5.74) is 0. The summed E-state index contributed by atoms with van der Waals surface area (Å²) in [7, 11) is 0. The molecule has 0 spiro atoms. The average molecular weight is 399 g/mol. The molecule has 0 heterocycles. The first-order valence-corrected chi connectivity index (χ1v) is 13.6. The van der Waals surface area contributed by atoms with Crippen LogP contribution in [0.2, 0.25) is 0 Å². The fourth-order valence-corrected chi connectivity index (χ4v) is 6.95.